The molecule has 0 aliphatic carbocycles. The minimum atomic E-state index is -3.56. The Bertz CT molecular complexity index is 755. The molecule has 1 N–H and O–H groups in total. The van der Waals surface area contributed by atoms with Crippen LogP contribution in [0, 0.1) is 6.29 Å². The summed E-state index contributed by atoms with van der Waals surface area (Å²) < 4.78 is 24.4. The number of nitrogens with one attached hydrogen (secondary N) is 1. The van der Waals surface area contributed by atoms with Crippen LogP contribution in [0.25, 0.3) is 0 Å². The van der Waals surface area contributed by atoms with Crippen LogP contribution < -0.4 is 14.4 Å². The normalized spacial score (nSPS) is 10.4. The van der Waals surface area contributed by atoms with Gasteiger partial charge in [0.1, 0.15) is 11.5 Å². The van der Waals surface area contributed by atoms with E-state index in [9.17, 15) is 4.57 Å². The van der Waals surface area contributed by atoms with Crippen LogP contribution in [0.2, 0.25) is 0 Å². The van der Waals surface area contributed by atoms with E-state index < -0.39 is 7.60 Å². The van der Waals surface area contributed by atoms with Crippen molar-refractivity contribution in [2.75, 3.05) is 5.32 Å². The molecule has 0 saturated carbocycles. The van der Waals surface area contributed by atoms with Gasteiger partial charge in [-0.3, -0.25) is 4.57 Å². The van der Waals surface area contributed by atoms with Gasteiger partial charge in [0.25, 0.3) is 0 Å². The van der Waals surface area contributed by atoms with E-state index in [2.05, 4.69) is 5.32 Å². The van der Waals surface area contributed by atoms with Crippen molar-refractivity contribution in [3.05, 3.63) is 97.3 Å². The maximum atomic E-state index is 13.2. The van der Waals surface area contributed by atoms with Crippen LogP contribution in [0.1, 0.15) is 0 Å². The standard InChI is InChI=1S/C19H17NO3P.V/c21-24(22-18-12-6-2-7-13-18,23-19-14-8-3-9-15-19)16-20-17-10-4-1-5-11-17;/h1-16,20H;/q-1;. The van der Waals surface area contributed by atoms with E-state index in [1.165, 1.54) is 6.29 Å². The van der Waals surface area contributed by atoms with Gasteiger partial charge < -0.3 is 14.4 Å². The molecule has 0 aliphatic heterocycles. The first kappa shape index (κ1) is 19.2. The van der Waals surface area contributed by atoms with Crippen LogP contribution in [-0.4, -0.2) is 0 Å². The summed E-state index contributed by atoms with van der Waals surface area (Å²) in [6, 6.07) is 27.3. The van der Waals surface area contributed by atoms with Crippen molar-refractivity contribution in [1.29, 1.82) is 0 Å². The fourth-order valence-corrected chi connectivity index (χ4v) is 3.30. The van der Waals surface area contributed by atoms with Crippen LogP contribution in [0.5, 0.6) is 11.5 Å². The first-order valence-corrected chi connectivity index (χ1v) is 9.10. The van der Waals surface area contributed by atoms with Crippen LogP contribution in [0.15, 0.2) is 91.0 Å². The zero-order valence-corrected chi connectivity index (χ0v) is 15.6. The minimum absolute atomic E-state index is 0. The third-order valence-corrected chi connectivity index (χ3v) is 4.49. The van der Waals surface area contributed by atoms with E-state index in [-0.39, 0.29) is 18.6 Å². The number of hydrogen-bond acceptors (Lipinski definition) is 4. The molecule has 0 fully saturated rings. The summed E-state index contributed by atoms with van der Waals surface area (Å²) in [6.45, 7) is 0. The molecule has 3 rings (SSSR count). The minimum Gasteiger partial charge on any atom is -0.521 e. The predicted octanol–water partition coefficient (Wildman–Crippen LogP) is 5.57. The van der Waals surface area contributed by atoms with E-state index in [1.807, 2.05) is 66.7 Å². The van der Waals surface area contributed by atoms with Gasteiger partial charge in [0.15, 0.2) is 0 Å². The van der Waals surface area contributed by atoms with E-state index in [0.29, 0.717) is 11.5 Å². The fourth-order valence-electron chi connectivity index (χ4n) is 2.02. The Balaban J connectivity index is 0.00000225. The zero-order chi connectivity index (χ0) is 16.7. The van der Waals surface area contributed by atoms with E-state index in [1.54, 1.807) is 24.3 Å². The average molecular weight is 389 g/mol. The SMILES string of the molecule is O=P([CH-]Nc1ccccc1)(Oc1ccccc1)Oc1ccccc1.[V]. The smallest absolute Gasteiger partial charge is 0.302 e. The Morgan fingerprint density at radius 1 is 0.680 bits per heavy atom. The molecule has 127 valence electrons. The van der Waals surface area contributed by atoms with Crippen molar-refractivity contribution < 1.29 is 32.2 Å². The van der Waals surface area contributed by atoms with Crippen molar-refractivity contribution in [2.45, 2.75) is 0 Å². The second-order valence-corrected chi connectivity index (χ2v) is 6.69. The van der Waals surface area contributed by atoms with Gasteiger partial charge in [0.2, 0.25) is 0 Å². The van der Waals surface area contributed by atoms with Crippen LogP contribution in [0.3, 0.4) is 0 Å². The van der Waals surface area contributed by atoms with Gasteiger partial charge >= 0.3 is 7.60 Å². The second kappa shape index (κ2) is 9.38. The Labute approximate surface area is 159 Å². The molecule has 0 aromatic heterocycles. The van der Waals surface area contributed by atoms with Gasteiger partial charge in [-0.05, 0) is 36.4 Å². The van der Waals surface area contributed by atoms with Crippen molar-refractivity contribution in [3.8, 4) is 11.5 Å². The molecule has 4 nitrogen and oxygen atoms in total. The number of hydrogen-bond donors (Lipinski definition) is 1. The van der Waals surface area contributed by atoms with Gasteiger partial charge in [-0.25, -0.2) is 0 Å². The summed E-state index contributed by atoms with van der Waals surface area (Å²) in [7, 11) is -3.56. The van der Waals surface area contributed by atoms with E-state index in [0.717, 1.165) is 5.69 Å². The van der Waals surface area contributed by atoms with Crippen LogP contribution in [-0.2, 0) is 23.1 Å². The van der Waals surface area contributed by atoms with Crippen molar-refractivity contribution in [2.24, 2.45) is 0 Å². The monoisotopic (exact) mass is 389 g/mol. The number of benzene rings is 3. The maximum absolute atomic E-state index is 13.2. The summed E-state index contributed by atoms with van der Waals surface area (Å²) >= 11 is 0. The molecule has 0 amide bonds. The number of para-hydroxylation sites is 3. The summed E-state index contributed by atoms with van der Waals surface area (Å²) in [5.41, 5.74) is 0.797. The molecule has 0 bridgehead atoms. The molecule has 0 unspecified atom stereocenters. The third kappa shape index (κ3) is 6.02. The number of anilines is 1. The molecule has 3 aromatic rings. The van der Waals surface area contributed by atoms with Gasteiger partial charge in [0, 0.05) is 24.2 Å². The summed E-state index contributed by atoms with van der Waals surface area (Å²) in [5, 5.41) is 2.99. The maximum Gasteiger partial charge on any atom is 0.302 e. The first-order valence-electron chi connectivity index (χ1n) is 7.48. The Morgan fingerprint density at radius 3 is 1.52 bits per heavy atom. The molecular formula is C19H17NO3PV-. The summed E-state index contributed by atoms with van der Waals surface area (Å²) in [5.74, 6) is 0.950. The molecule has 6 heteroatoms. The Kier molecular flexibility index (Phi) is 7.21. The van der Waals surface area contributed by atoms with E-state index >= 15 is 0 Å². The molecular weight excluding hydrogens is 372 g/mol. The van der Waals surface area contributed by atoms with Crippen LogP contribution >= 0.6 is 7.60 Å². The molecule has 1 radical (unpaired) electrons. The topological polar surface area (TPSA) is 47.6 Å². The number of rotatable bonds is 7. The fraction of sp³-hybridized carbons (Fsp3) is 0. The molecule has 0 saturated heterocycles. The first-order chi connectivity index (χ1) is 11.7. The molecule has 0 spiro atoms. The van der Waals surface area contributed by atoms with Gasteiger partial charge in [-0.1, -0.05) is 54.6 Å². The van der Waals surface area contributed by atoms with Crippen molar-refractivity contribution in [1.82, 2.24) is 0 Å². The van der Waals surface area contributed by atoms with E-state index in [4.69, 9.17) is 9.05 Å². The predicted molar refractivity (Wildman–Crippen MR) is 96.1 cm³/mol. The van der Waals surface area contributed by atoms with Gasteiger partial charge in [-0.2, -0.15) is 0 Å². The third-order valence-electron chi connectivity index (χ3n) is 3.11. The zero-order valence-electron chi connectivity index (χ0n) is 13.4. The van der Waals surface area contributed by atoms with Gasteiger partial charge in [-0.15, -0.1) is 6.29 Å². The van der Waals surface area contributed by atoms with Crippen molar-refractivity contribution in [3.63, 3.8) is 0 Å². The molecule has 25 heavy (non-hydrogen) atoms. The Hall–Kier alpha value is -2.13. The Morgan fingerprint density at radius 2 is 1.08 bits per heavy atom. The largest absolute Gasteiger partial charge is 0.521 e. The average Bonchev–Trinajstić information content (AvgIpc) is 2.63. The van der Waals surface area contributed by atoms with Gasteiger partial charge in [0.05, 0.1) is 0 Å². The second-order valence-electron chi connectivity index (χ2n) is 4.99. The summed E-state index contributed by atoms with van der Waals surface area (Å²) in [4.78, 5) is 0. The van der Waals surface area contributed by atoms with Crippen LogP contribution in [0.4, 0.5) is 5.69 Å². The quantitative estimate of drug-likeness (QED) is 0.424. The molecule has 0 heterocycles. The molecule has 3 aromatic carbocycles. The molecule has 0 atom stereocenters. The molecule has 0 aliphatic rings. The van der Waals surface area contributed by atoms with Crippen molar-refractivity contribution >= 4 is 13.3 Å². The summed E-state index contributed by atoms with van der Waals surface area (Å²) in [6.07, 6.45) is 1.36.